The van der Waals surface area contributed by atoms with Crippen LogP contribution in [0.1, 0.15) is 37.1 Å². The minimum absolute atomic E-state index is 0.0396. The number of hydrogen-bond acceptors (Lipinski definition) is 3. The molecule has 0 aromatic heterocycles. The average molecular weight is 289 g/mol. The van der Waals surface area contributed by atoms with E-state index in [1.807, 2.05) is 38.1 Å². The molecule has 0 saturated heterocycles. The van der Waals surface area contributed by atoms with Crippen LogP contribution in [0, 0.1) is 5.82 Å². The molecule has 2 atom stereocenters. The second-order valence-corrected chi connectivity index (χ2v) is 5.09. The zero-order valence-electron chi connectivity index (χ0n) is 12.4. The van der Waals surface area contributed by atoms with Crippen LogP contribution in [0.4, 0.5) is 4.39 Å². The molecule has 0 aliphatic rings. The number of nitrogens with one attached hydrogen (secondary N) is 1. The van der Waals surface area contributed by atoms with Crippen LogP contribution < -0.4 is 10.1 Å². The molecule has 21 heavy (non-hydrogen) atoms. The van der Waals surface area contributed by atoms with Crippen LogP contribution in [-0.4, -0.2) is 12.2 Å². The van der Waals surface area contributed by atoms with Crippen molar-refractivity contribution in [3.63, 3.8) is 0 Å². The van der Waals surface area contributed by atoms with E-state index in [0.29, 0.717) is 5.56 Å². The molecular formula is C17H20FNO2. The minimum Gasteiger partial charge on any atom is -0.508 e. The maximum absolute atomic E-state index is 13.3. The Bertz CT molecular complexity index is 615. The zero-order valence-corrected chi connectivity index (χ0v) is 12.4. The van der Waals surface area contributed by atoms with E-state index in [-0.39, 0.29) is 23.7 Å². The van der Waals surface area contributed by atoms with Crippen molar-refractivity contribution in [2.75, 3.05) is 7.11 Å². The fraction of sp³-hybridized carbons (Fsp3) is 0.294. The summed E-state index contributed by atoms with van der Waals surface area (Å²) in [5, 5.41) is 13.2. The van der Waals surface area contributed by atoms with Crippen LogP contribution in [0.2, 0.25) is 0 Å². The van der Waals surface area contributed by atoms with E-state index in [2.05, 4.69) is 5.32 Å². The third-order valence-electron chi connectivity index (χ3n) is 3.55. The van der Waals surface area contributed by atoms with Crippen LogP contribution in [-0.2, 0) is 0 Å². The Morgan fingerprint density at radius 2 is 1.86 bits per heavy atom. The van der Waals surface area contributed by atoms with Crippen molar-refractivity contribution in [3.8, 4) is 11.5 Å². The van der Waals surface area contributed by atoms with E-state index >= 15 is 0 Å². The van der Waals surface area contributed by atoms with E-state index in [1.165, 1.54) is 18.2 Å². The van der Waals surface area contributed by atoms with Gasteiger partial charge in [-0.15, -0.1) is 0 Å². The maximum atomic E-state index is 13.3. The van der Waals surface area contributed by atoms with Crippen molar-refractivity contribution in [2.45, 2.75) is 25.9 Å². The molecule has 0 saturated carbocycles. The van der Waals surface area contributed by atoms with E-state index in [0.717, 1.165) is 11.3 Å². The molecule has 0 heterocycles. The number of rotatable bonds is 5. The number of benzene rings is 2. The summed E-state index contributed by atoms with van der Waals surface area (Å²) in [5.41, 5.74) is 1.61. The molecule has 0 fully saturated rings. The molecule has 0 spiro atoms. The van der Waals surface area contributed by atoms with Crippen LogP contribution in [0.5, 0.6) is 11.5 Å². The largest absolute Gasteiger partial charge is 0.508 e. The van der Waals surface area contributed by atoms with Gasteiger partial charge in [0, 0.05) is 17.6 Å². The topological polar surface area (TPSA) is 41.5 Å². The van der Waals surface area contributed by atoms with Crippen molar-refractivity contribution < 1.29 is 14.2 Å². The molecule has 0 bridgehead atoms. The molecule has 2 aromatic rings. The van der Waals surface area contributed by atoms with Gasteiger partial charge in [0.1, 0.15) is 17.3 Å². The fourth-order valence-electron chi connectivity index (χ4n) is 2.34. The Balaban J connectivity index is 2.14. The highest BCUT2D eigenvalue weighted by molar-refractivity contribution is 5.35. The van der Waals surface area contributed by atoms with Gasteiger partial charge in [0.15, 0.2) is 0 Å². The Morgan fingerprint density at radius 1 is 1.10 bits per heavy atom. The summed E-state index contributed by atoms with van der Waals surface area (Å²) < 4.78 is 18.5. The molecule has 2 rings (SSSR count). The molecule has 112 valence electrons. The van der Waals surface area contributed by atoms with Crippen molar-refractivity contribution in [3.05, 3.63) is 59.4 Å². The number of methoxy groups -OCH3 is 1. The lowest BCUT2D eigenvalue weighted by Gasteiger charge is -2.22. The Kier molecular flexibility index (Phi) is 4.81. The Hall–Kier alpha value is -2.07. The highest BCUT2D eigenvalue weighted by atomic mass is 19.1. The van der Waals surface area contributed by atoms with Gasteiger partial charge in [-0.25, -0.2) is 4.39 Å². The standard InChI is InChI=1S/C17H20FNO2/c1-11(13-5-4-6-15(9-13)21-3)19-12(2)16-10-14(18)7-8-17(16)20/h4-12,19-20H,1-3H3/t11-,12?/m1/s1. The first-order valence-electron chi connectivity index (χ1n) is 6.89. The summed E-state index contributed by atoms with van der Waals surface area (Å²) in [4.78, 5) is 0. The van der Waals surface area contributed by atoms with Gasteiger partial charge < -0.3 is 15.2 Å². The smallest absolute Gasteiger partial charge is 0.123 e. The number of phenolic OH excluding ortho intramolecular Hbond substituents is 1. The molecule has 0 aliphatic carbocycles. The van der Waals surface area contributed by atoms with Crippen molar-refractivity contribution >= 4 is 0 Å². The van der Waals surface area contributed by atoms with Gasteiger partial charge in [0.05, 0.1) is 7.11 Å². The Labute approximate surface area is 124 Å². The van der Waals surface area contributed by atoms with Gasteiger partial charge in [-0.2, -0.15) is 0 Å². The minimum atomic E-state index is -0.356. The number of aromatic hydroxyl groups is 1. The van der Waals surface area contributed by atoms with Crippen molar-refractivity contribution in [1.82, 2.24) is 5.32 Å². The van der Waals surface area contributed by atoms with Crippen molar-refractivity contribution in [1.29, 1.82) is 0 Å². The SMILES string of the molecule is COc1cccc([C@@H](C)NC(C)c2cc(F)ccc2O)c1. The molecule has 0 aliphatic heterocycles. The quantitative estimate of drug-likeness (QED) is 0.875. The first kappa shape index (κ1) is 15.3. The lowest BCUT2D eigenvalue weighted by molar-refractivity contribution is 0.411. The summed E-state index contributed by atoms with van der Waals surface area (Å²) in [7, 11) is 1.63. The molecular weight excluding hydrogens is 269 g/mol. The van der Waals surface area contributed by atoms with E-state index < -0.39 is 0 Å². The molecule has 0 amide bonds. The zero-order chi connectivity index (χ0) is 15.4. The third kappa shape index (κ3) is 3.73. The lowest BCUT2D eigenvalue weighted by Crippen LogP contribution is -2.22. The maximum Gasteiger partial charge on any atom is 0.123 e. The van der Waals surface area contributed by atoms with E-state index in [1.54, 1.807) is 7.11 Å². The molecule has 3 nitrogen and oxygen atoms in total. The number of hydrogen-bond donors (Lipinski definition) is 2. The average Bonchev–Trinajstić information content (AvgIpc) is 2.49. The van der Waals surface area contributed by atoms with Crippen LogP contribution >= 0.6 is 0 Å². The summed E-state index contributed by atoms with van der Waals surface area (Å²) in [6, 6.07) is 11.6. The second kappa shape index (κ2) is 6.59. The van der Waals surface area contributed by atoms with Crippen LogP contribution in [0.3, 0.4) is 0 Å². The first-order chi connectivity index (χ1) is 10.0. The number of phenols is 1. The van der Waals surface area contributed by atoms with Gasteiger partial charge in [-0.05, 0) is 49.7 Å². The predicted octanol–water partition coefficient (Wildman–Crippen LogP) is 3.95. The summed E-state index contributed by atoms with van der Waals surface area (Å²) in [6.07, 6.45) is 0. The molecule has 2 N–H and O–H groups in total. The summed E-state index contributed by atoms with van der Waals surface area (Å²) in [6.45, 7) is 3.91. The highest BCUT2D eigenvalue weighted by Gasteiger charge is 2.15. The second-order valence-electron chi connectivity index (χ2n) is 5.09. The normalized spacial score (nSPS) is 13.7. The molecule has 4 heteroatoms. The van der Waals surface area contributed by atoms with Gasteiger partial charge >= 0.3 is 0 Å². The van der Waals surface area contributed by atoms with Crippen LogP contribution in [0.15, 0.2) is 42.5 Å². The summed E-state index contributed by atoms with van der Waals surface area (Å²) >= 11 is 0. The first-order valence-corrected chi connectivity index (χ1v) is 6.89. The predicted molar refractivity (Wildman–Crippen MR) is 81.0 cm³/mol. The summed E-state index contributed by atoms with van der Waals surface area (Å²) in [5.74, 6) is 0.530. The number of halogens is 1. The lowest BCUT2D eigenvalue weighted by atomic mass is 10.0. The van der Waals surface area contributed by atoms with Gasteiger partial charge in [0.25, 0.3) is 0 Å². The van der Waals surface area contributed by atoms with Crippen LogP contribution in [0.25, 0.3) is 0 Å². The van der Waals surface area contributed by atoms with Gasteiger partial charge in [-0.3, -0.25) is 0 Å². The number of ether oxygens (including phenoxy) is 1. The Morgan fingerprint density at radius 3 is 2.57 bits per heavy atom. The third-order valence-corrected chi connectivity index (χ3v) is 3.55. The van der Waals surface area contributed by atoms with E-state index in [9.17, 15) is 9.50 Å². The van der Waals surface area contributed by atoms with Gasteiger partial charge in [0.2, 0.25) is 0 Å². The molecule has 2 aromatic carbocycles. The fourth-order valence-corrected chi connectivity index (χ4v) is 2.34. The highest BCUT2D eigenvalue weighted by Crippen LogP contribution is 2.27. The van der Waals surface area contributed by atoms with Gasteiger partial charge in [-0.1, -0.05) is 12.1 Å². The molecule has 1 unspecified atom stereocenters. The monoisotopic (exact) mass is 289 g/mol. The molecule has 0 radical (unpaired) electrons. The van der Waals surface area contributed by atoms with Crippen molar-refractivity contribution in [2.24, 2.45) is 0 Å². The van der Waals surface area contributed by atoms with E-state index in [4.69, 9.17) is 4.74 Å².